The summed E-state index contributed by atoms with van der Waals surface area (Å²) in [6.45, 7) is 0. The van der Waals surface area contributed by atoms with Gasteiger partial charge in [0.1, 0.15) is 34.2 Å². The molecule has 0 fully saturated rings. The van der Waals surface area contributed by atoms with Crippen molar-refractivity contribution in [2.45, 2.75) is 0 Å². The Balaban J connectivity index is 2.23. The molecule has 0 radical (unpaired) electrons. The van der Waals surface area contributed by atoms with Crippen molar-refractivity contribution in [3.8, 4) is 18.2 Å². The first-order valence-corrected chi connectivity index (χ1v) is 8.05. The molecule has 0 unspecified atom stereocenters. The predicted molar refractivity (Wildman–Crippen MR) is 97.6 cm³/mol. The van der Waals surface area contributed by atoms with Crippen molar-refractivity contribution in [1.29, 1.82) is 15.8 Å². The van der Waals surface area contributed by atoms with E-state index >= 15 is 0 Å². The van der Waals surface area contributed by atoms with Crippen molar-refractivity contribution in [2.24, 2.45) is 5.10 Å². The molecule has 26 heavy (non-hydrogen) atoms. The van der Waals surface area contributed by atoms with E-state index in [1.165, 1.54) is 5.38 Å². The third-order valence-corrected chi connectivity index (χ3v) is 4.49. The Morgan fingerprint density at radius 1 is 1.15 bits per heavy atom. The van der Waals surface area contributed by atoms with Crippen LogP contribution in [0.25, 0.3) is 4.83 Å². The Morgan fingerprint density at radius 3 is 2.46 bits per heavy atom. The summed E-state index contributed by atoms with van der Waals surface area (Å²) < 4.78 is 1.12. The third kappa shape index (κ3) is 2.63. The van der Waals surface area contributed by atoms with E-state index in [1.807, 2.05) is 18.2 Å². The molecule has 0 saturated heterocycles. The lowest BCUT2D eigenvalue weighted by Gasteiger charge is -2.05. The van der Waals surface area contributed by atoms with Crippen molar-refractivity contribution >= 4 is 33.3 Å². The maximum atomic E-state index is 12.6. The van der Waals surface area contributed by atoms with Crippen LogP contribution in [0, 0.1) is 34.0 Å². The smallest absolute Gasteiger partial charge is 0.276 e. The lowest BCUT2D eigenvalue weighted by Crippen LogP contribution is -2.22. The number of benzene rings is 1. The second-order valence-electron chi connectivity index (χ2n) is 5.00. The SMILES string of the molecule is N#C/C(=N\Nc1ccccc1)c1csc2c(C#N)c(N)c(C#N)c(=O)n12. The van der Waals surface area contributed by atoms with Crippen LogP contribution < -0.4 is 16.7 Å². The lowest BCUT2D eigenvalue weighted by molar-refractivity contribution is 1.09. The quantitative estimate of drug-likeness (QED) is 0.541. The van der Waals surface area contributed by atoms with E-state index in [4.69, 9.17) is 5.73 Å². The highest BCUT2D eigenvalue weighted by Gasteiger charge is 2.21. The molecule has 0 amide bonds. The Hall–Kier alpha value is -4.13. The molecule has 0 aliphatic heterocycles. The first kappa shape index (κ1) is 16.7. The number of rotatable bonds is 3. The fourth-order valence-corrected chi connectivity index (χ4v) is 3.32. The van der Waals surface area contributed by atoms with Gasteiger partial charge in [0.05, 0.1) is 17.1 Å². The van der Waals surface area contributed by atoms with Gasteiger partial charge in [0.2, 0.25) is 0 Å². The van der Waals surface area contributed by atoms with Gasteiger partial charge in [-0.05, 0) is 12.1 Å². The molecule has 8 nitrogen and oxygen atoms in total. The van der Waals surface area contributed by atoms with Crippen LogP contribution in [-0.4, -0.2) is 10.1 Å². The van der Waals surface area contributed by atoms with Gasteiger partial charge >= 0.3 is 0 Å². The zero-order valence-corrected chi connectivity index (χ0v) is 13.9. The molecule has 0 saturated carbocycles. The predicted octanol–water partition coefficient (Wildman–Crippen LogP) is 2.03. The van der Waals surface area contributed by atoms with Gasteiger partial charge in [-0.1, -0.05) is 18.2 Å². The minimum atomic E-state index is -0.696. The number of fused-ring (bicyclic) bond motifs is 1. The molecular weight excluding hydrogens is 350 g/mol. The Morgan fingerprint density at radius 2 is 1.85 bits per heavy atom. The van der Waals surface area contributed by atoms with Gasteiger partial charge in [-0.2, -0.15) is 20.9 Å². The number of hydrogen-bond acceptors (Lipinski definition) is 8. The van der Waals surface area contributed by atoms with Crippen molar-refractivity contribution in [1.82, 2.24) is 4.40 Å². The highest BCUT2D eigenvalue weighted by Crippen LogP contribution is 2.25. The summed E-state index contributed by atoms with van der Waals surface area (Å²) in [5.41, 5.74) is 8.09. The minimum Gasteiger partial charge on any atom is -0.396 e. The summed E-state index contributed by atoms with van der Waals surface area (Å²) in [5, 5.41) is 33.5. The average Bonchev–Trinajstić information content (AvgIpc) is 3.09. The van der Waals surface area contributed by atoms with Gasteiger partial charge in [0.25, 0.3) is 5.56 Å². The van der Waals surface area contributed by atoms with Gasteiger partial charge in [0, 0.05) is 5.38 Å². The normalized spacial score (nSPS) is 10.7. The molecule has 0 spiro atoms. The number of hydrazone groups is 1. The van der Waals surface area contributed by atoms with Crippen LogP contribution in [0.3, 0.4) is 0 Å². The summed E-state index contributed by atoms with van der Waals surface area (Å²) in [6.07, 6.45) is 0. The molecular formula is C17H9N7OS. The standard InChI is InChI=1S/C17H9N7OS/c18-6-11-15(21)12(7-19)17-24(16(11)25)14(9-26-17)13(8-20)23-22-10-4-2-1-3-5-10/h1-5,9,22H,21H2/b23-13+. The Bertz CT molecular complexity index is 1220. The highest BCUT2D eigenvalue weighted by molar-refractivity contribution is 7.16. The van der Waals surface area contributed by atoms with Crippen LogP contribution in [-0.2, 0) is 0 Å². The zero-order valence-electron chi connectivity index (χ0n) is 13.1. The number of pyridine rings is 1. The van der Waals surface area contributed by atoms with Gasteiger partial charge < -0.3 is 5.73 Å². The maximum Gasteiger partial charge on any atom is 0.276 e. The molecule has 124 valence electrons. The highest BCUT2D eigenvalue weighted by atomic mass is 32.1. The Labute approximate surface area is 151 Å². The number of nitriles is 3. The second-order valence-corrected chi connectivity index (χ2v) is 5.86. The molecule has 2 heterocycles. The van der Waals surface area contributed by atoms with E-state index in [0.717, 1.165) is 15.7 Å². The summed E-state index contributed by atoms with van der Waals surface area (Å²) in [6, 6.07) is 14.5. The van der Waals surface area contributed by atoms with Crippen molar-refractivity contribution in [3.63, 3.8) is 0 Å². The minimum absolute atomic E-state index is 0.0192. The fourth-order valence-electron chi connectivity index (χ4n) is 2.32. The molecule has 0 aliphatic rings. The number of para-hydroxylation sites is 1. The van der Waals surface area contributed by atoms with Crippen LogP contribution >= 0.6 is 11.3 Å². The van der Waals surface area contributed by atoms with Crippen LogP contribution in [0.15, 0.2) is 45.6 Å². The summed E-state index contributed by atoms with van der Waals surface area (Å²) in [5.74, 6) is 0. The summed E-state index contributed by atoms with van der Waals surface area (Å²) in [4.78, 5) is 12.9. The number of thiazole rings is 1. The van der Waals surface area contributed by atoms with Crippen molar-refractivity contribution in [2.75, 3.05) is 11.2 Å². The number of nitrogens with two attached hydrogens (primary N) is 1. The van der Waals surface area contributed by atoms with E-state index in [1.54, 1.807) is 30.3 Å². The Kier molecular flexibility index (Phi) is 4.36. The van der Waals surface area contributed by atoms with Crippen molar-refractivity contribution < 1.29 is 0 Å². The van der Waals surface area contributed by atoms with Crippen LogP contribution in [0.5, 0.6) is 0 Å². The summed E-state index contributed by atoms with van der Waals surface area (Å²) >= 11 is 1.07. The van der Waals surface area contributed by atoms with Gasteiger partial charge in [0.15, 0.2) is 5.71 Å². The number of hydrogen-bond donors (Lipinski definition) is 2. The van der Waals surface area contributed by atoms with Crippen LogP contribution in [0.1, 0.15) is 16.8 Å². The number of nitrogens with zero attached hydrogens (tertiary/aromatic N) is 5. The van der Waals surface area contributed by atoms with E-state index in [9.17, 15) is 20.6 Å². The van der Waals surface area contributed by atoms with Crippen LogP contribution in [0.4, 0.5) is 11.4 Å². The van der Waals surface area contributed by atoms with E-state index < -0.39 is 5.56 Å². The maximum absolute atomic E-state index is 12.6. The monoisotopic (exact) mass is 359 g/mol. The average molecular weight is 359 g/mol. The van der Waals surface area contributed by atoms with E-state index in [2.05, 4.69) is 10.5 Å². The first-order valence-electron chi connectivity index (χ1n) is 7.17. The van der Waals surface area contributed by atoms with Gasteiger partial charge in [-0.25, -0.2) is 0 Å². The largest absolute Gasteiger partial charge is 0.396 e. The number of anilines is 2. The summed E-state index contributed by atoms with van der Waals surface area (Å²) in [7, 11) is 0. The molecule has 0 atom stereocenters. The van der Waals surface area contributed by atoms with E-state index in [0.29, 0.717) is 5.69 Å². The van der Waals surface area contributed by atoms with Crippen molar-refractivity contribution in [3.05, 3.63) is 62.9 Å². The molecule has 9 heteroatoms. The fraction of sp³-hybridized carbons (Fsp3) is 0. The van der Waals surface area contributed by atoms with Crippen LogP contribution in [0.2, 0.25) is 0 Å². The second kappa shape index (κ2) is 6.78. The number of nitrogen functional groups attached to an aromatic ring is 1. The molecule has 0 aliphatic carbocycles. The number of nitrogens with one attached hydrogen (secondary N) is 1. The first-order chi connectivity index (χ1) is 12.6. The lowest BCUT2D eigenvalue weighted by atomic mass is 10.1. The third-order valence-electron chi connectivity index (χ3n) is 3.54. The molecule has 0 bridgehead atoms. The van der Waals surface area contributed by atoms with E-state index in [-0.39, 0.29) is 33.1 Å². The topological polar surface area (TPSA) is 143 Å². The number of aromatic nitrogens is 1. The molecule has 1 aromatic carbocycles. The zero-order chi connectivity index (χ0) is 18.7. The van der Waals surface area contributed by atoms with Gasteiger partial charge in [-0.15, -0.1) is 11.3 Å². The molecule has 3 aromatic rings. The molecule has 3 rings (SSSR count). The molecule has 2 aromatic heterocycles. The molecule has 3 N–H and O–H groups in total. The van der Waals surface area contributed by atoms with Gasteiger partial charge in [-0.3, -0.25) is 14.6 Å².